The van der Waals surface area contributed by atoms with Gasteiger partial charge in [-0.25, -0.2) is 0 Å². The fraction of sp³-hybridized carbons (Fsp3) is 0.111. The van der Waals surface area contributed by atoms with E-state index in [0.717, 1.165) is 11.1 Å². The van der Waals surface area contributed by atoms with Gasteiger partial charge < -0.3 is 0 Å². The summed E-state index contributed by atoms with van der Waals surface area (Å²) in [5, 5.41) is 0. The predicted molar refractivity (Wildman–Crippen MR) is 78.2 cm³/mol. The van der Waals surface area contributed by atoms with Crippen molar-refractivity contribution in [2.24, 2.45) is 0 Å². The van der Waals surface area contributed by atoms with E-state index in [9.17, 15) is 0 Å². The molecule has 2 aromatic rings. The molecule has 0 aromatic heterocycles. The van der Waals surface area contributed by atoms with E-state index < -0.39 is 6.37 Å². The summed E-state index contributed by atoms with van der Waals surface area (Å²) in [6.07, 6.45) is 4.63. The molecule has 2 aromatic carbocycles. The Kier molecular flexibility index (Phi) is 2.51. The van der Waals surface area contributed by atoms with Gasteiger partial charge >= 0.3 is 0 Å². The van der Waals surface area contributed by atoms with Crippen molar-refractivity contribution < 1.29 is 2.74 Å². The Labute approximate surface area is 111 Å². The molecule has 0 unspecified atom stereocenters. The molecule has 3 rings (SSSR count). The lowest BCUT2D eigenvalue weighted by molar-refractivity contribution is 1.05. The van der Waals surface area contributed by atoms with Crippen molar-refractivity contribution in [3.8, 4) is 11.1 Å². The van der Waals surface area contributed by atoms with Crippen molar-refractivity contribution in [2.45, 2.75) is 12.8 Å². The molecule has 0 spiro atoms. The third-order valence-corrected chi connectivity index (χ3v) is 3.14. The number of allylic oxidation sites excluding steroid dienone is 4. The average molecular weight is 234 g/mol. The molecule has 0 saturated heterocycles. The first-order chi connectivity index (χ1) is 9.64. The zero-order chi connectivity index (χ0) is 14.0. The van der Waals surface area contributed by atoms with Crippen molar-refractivity contribution in [2.75, 3.05) is 0 Å². The van der Waals surface area contributed by atoms with Crippen LogP contribution in [0, 0.1) is 0 Å². The van der Waals surface area contributed by atoms with Gasteiger partial charge in [-0.15, -0.1) is 0 Å². The first-order valence-electron chi connectivity index (χ1n) is 7.18. The Morgan fingerprint density at radius 3 is 2.44 bits per heavy atom. The summed E-state index contributed by atoms with van der Waals surface area (Å²) in [7, 11) is 0. The predicted octanol–water partition coefficient (Wildman–Crippen LogP) is 5.09. The third-order valence-electron chi connectivity index (χ3n) is 3.14. The van der Waals surface area contributed by atoms with Crippen LogP contribution in [0.3, 0.4) is 0 Å². The summed E-state index contributed by atoms with van der Waals surface area (Å²) < 4.78 is 15.7. The van der Waals surface area contributed by atoms with Crippen LogP contribution >= 0.6 is 0 Å². The highest BCUT2D eigenvalue weighted by atomic mass is 14.1. The number of rotatable bonds is 2. The van der Waals surface area contributed by atoms with Gasteiger partial charge in [0.15, 0.2) is 0 Å². The fourth-order valence-electron chi connectivity index (χ4n) is 2.19. The van der Waals surface area contributed by atoms with Crippen molar-refractivity contribution in [1.82, 2.24) is 0 Å². The highest BCUT2D eigenvalue weighted by Crippen LogP contribution is 2.27. The van der Waals surface area contributed by atoms with Crippen LogP contribution in [0.5, 0.6) is 0 Å². The maximum absolute atomic E-state index is 7.86. The number of benzene rings is 2. The highest BCUT2D eigenvalue weighted by molar-refractivity contribution is 5.74. The summed E-state index contributed by atoms with van der Waals surface area (Å²) >= 11 is 0. The summed E-state index contributed by atoms with van der Waals surface area (Å²) in [5.41, 5.74) is 4.50. The molecule has 0 radical (unpaired) electrons. The van der Waals surface area contributed by atoms with Gasteiger partial charge in [-0.1, -0.05) is 66.8 Å². The van der Waals surface area contributed by atoms with E-state index in [0.29, 0.717) is 6.42 Å². The molecule has 0 bridgehead atoms. The Hall–Kier alpha value is -2.08. The molecule has 0 atom stereocenters. The zero-order valence-electron chi connectivity index (χ0n) is 12.1. The number of hydrogen-bond donors (Lipinski definition) is 0. The quantitative estimate of drug-likeness (QED) is 0.679. The minimum Gasteiger partial charge on any atom is -0.0842 e. The average Bonchev–Trinajstić information content (AvgIpc) is 2.47. The van der Waals surface area contributed by atoms with Gasteiger partial charge in [-0.3, -0.25) is 0 Å². The molecule has 0 fully saturated rings. The van der Waals surface area contributed by atoms with Gasteiger partial charge in [0.25, 0.3) is 0 Å². The van der Waals surface area contributed by atoms with Gasteiger partial charge in [-0.05, 0) is 41.1 Å². The van der Waals surface area contributed by atoms with Crippen molar-refractivity contribution in [3.63, 3.8) is 0 Å². The first kappa shape index (κ1) is 8.93. The summed E-state index contributed by atoms with van der Waals surface area (Å²) in [6.45, 7) is 0. The van der Waals surface area contributed by atoms with E-state index in [1.807, 2.05) is 42.5 Å². The van der Waals surface area contributed by atoms with Crippen LogP contribution < -0.4 is 0 Å². The van der Waals surface area contributed by atoms with E-state index in [-0.39, 0.29) is 0 Å². The van der Waals surface area contributed by atoms with E-state index in [2.05, 4.69) is 24.3 Å². The Balaban J connectivity index is 1.97. The second kappa shape index (κ2) is 5.05. The van der Waals surface area contributed by atoms with E-state index in [1.54, 1.807) is 6.08 Å². The molecule has 0 amide bonds. The lowest BCUT2D eigenvalue weighted by atomic mass is 9.94. The van der Waals surface area contributed by atoms with Crippen molar-refractivity contribution in [1.29, 1.82) is 0 Å². The summed E-state index contributed by atoms with van der Waals surface area (Å²) in [5.74, 6) is 0. The Morgan fingerprint density at radius 2 is 1.61 bits per heavy atom. The third kappa shape index (κ3) is 2.28. The van der Waals surface area contributed by atoms with Crippen molar-refractivity contribution in [3.05, 3.63) is 78.4 Å². The monoisotopic (exact) mass is 234 g/mol. The van der Waals surface area contributed by atoms with Crippen LogP contribution in [0.2, 0.25) is 0 Å². The summed E-state index contributed by atoms with van der Waals surface area (Å²) in [6, 6.07) is 18.6. The zero-order valence-corrected chi connectivity index (χ0v) is 10.1. The van der Waals surface area contributed by atoms with Crippen LogP contribution in [0.15, 0.2) is 72.8 Å². The van der Waals surface area contributed by atoms with E-state index in [4.69, 9.17) is 2.74 Å². The van der Waals surface area contributed by atoms with E-state index in [1.165, 1.54) is 11.1 Å². The van der Waals surface area contributed by atoms with Gasteiger partial charge in [0, 0.05) is 2.74 Å². The van der Waals surface area contributed by atoms with Crippen molar-refractivity contribution >= 4 is 5.57 Å². The first-order valence-corrected chi connectivity index (χ1v) is 6.18. The van der Waals surface area contributed by atoms with Gasteiger partial charge in [0.1, 0.15) is 0 Å². The molecule has 1 aliphatic carbocycles. The molecule has 0 heteroatoms. The Bertz CT molecular complexity index is 667. The smallest absolute Gasteiger partial charge is 0.0313 e. The van der Waals surface area contributed by atoms with Crippen LogP contribution in [0.4, 0.5) is 0 Å². The minimum absolute atomic E-state index is 0.432. The highest BCUT2D eigenvalue weighted by Gasteiger charge is 2.04. The normalized spacial score (nSPS) is 18.8. The topological polar surface area (TPSA) is 0 Å². The lowest BCUT2D eigenvalue weighted by Gasteiger charge is -2.11. The lowest BCUT2D eigenvalue weighted by Crippen LogP contribution is -1.88. The van der Waals surface area contributed by atoms with Crippen LogP contribution in [0.1, 0.15) is 21.1 Å². The molecular formula is C18H16. The van der Waals surface area contributed by atoms with Gasteiger partial charge in [-0.2, -0.15) is 0 Å². The van der Waals surface area contributed by atoms with Gasteiger partial charge in [0.2, 0.25) is 0 Å². The standard InChI is InChI=1S/C18H16/c1-3-8-15(9-4-1)17-12-7-13-18(14-17)16-10-5-2-6-11-16/h1-5,7-10,12-14H,6,11H2/i6D2. The van der Waals surface area contributed by atoms with Crippen LogP contribution in [0.25, 0.3) is 16.7 Å². The number of hydrogen-bond acceptors (Lipinski definition) is 0. The maximum Gasteiger partial charge on any atom is 0.0313 e. The molecule has 0 heterocycles. The SMILES string of the molecule is [2H]C1([2H])C=CC=C(c2cccc(-c3ccccc3)c2)C1. The Morgan fingerprint density at radius 1 is 0.833 bits per heavy atom. The molecule has 0 nitrogen and oxygen atoms in total. The molecule has 88 valence electrons. The van der Waals surface area contributed by atoms with E-state index >= 15 is 0 Å². The molecule has 1 aliphatic rings. The minimum atomic E-state index is -1.24. The summed E-state index contributed by atoms with van der Waals surface area (Å²) in [4.78, 5) is 0. The second-order valence-corrected chi connectivity index (χ2v) is 4.38. The molecule has 0 saturated carbocycles. The van der Waals surface area contributed by atoms with Crippen LogP contribution in [-0.2, 0) is 0 Å². The molecule has 0 aliphatic heterocycles. The van der Waals surface area contributed by atoms with Crippen LogP contribution in [-0.4, -0.2) is 0 Å². The fourth-order valence-corrected chi connectivity index (χ4v) is 2.19. The molecule has 0 N–H and O–H groups in total. The second-order valence-electron chi connectivity index (χ2n) is 4.38. The van der Waals surface area contributed by atoms with Gasteiger partial charge in [0.05, 0.1) is 0 Å². The molecular weight excluding hydrogens is 216 g/mol. The largest absolute Gasteiger partial charge is 0.0842 e. The maximum atomic E-state index is 7.86. The molecule has 18 heavy (non-hydrogen) atoms.